The number of hydrogen-bond donors (Lipinski definition) is 2. The van der Waals surface area contributed by atoms with Crippen molar-refractivity contribution in [3.63, 3.8) is 0 Å². The smallest absolute Gasteiger partial charge is 0.133 e. The van der Waals surface area contributed by atoms with Crippen LogP contribution in [0.25, 0.3) is 10.8 Å². The molecule has 2 aromatic rings. The number of benzene rings is 2. The minimum atomic E-state index is 0.133. The van der Waals surface area contributed by atoms with Crippen LogP contribution in [0.4, 0.5) is 11.4 Å². The van der Waals surface area contributed by atoms with Gasteiger partial charge in [0.15, 0.2) is 0 Å². The Morgan fingerprint density at radius 3 is 2.45 bits per heavy atom. The van der Waals surface area contributed by atoms with Gasteiger partial charge in [0, 0.05) is 10.8 Å². The van der Waals surface area contributed by atoms with E-state index >= 15 is 0 Å². The lowest BCUT2D eigenvalue weighted by Gasteiger charge is -2.23. The third-order valence-electron chi connectivity index (χ3n) is 5.75. The van der Waals surface area contributed by atoms with E-state index in [0.29, 0.717) is 28.0 Å². The summed E-state index contributed by atoms with van der Waals surface area (Å²) in [4.78, 5) is 11.7. The highest BCUT2D eigenvalue weighted by Crippen LogP contribution is 2.50. The van der Waals surface area contributed by atoms with Gasteiger partial charge in [-0.15, -0.1) is 4.91 Å². The fraction of sp³-hybridized carbons (Fsp3) is 0.538. The molecule has 0 aromatic heterocycles. The molecule has 0 spiro atoms. The number of thioether (sulfide) groups is 1. The highest BCUT2D eigenvalue weighted by atomic mass is 32.2. The zero-order valence-corrected chi connectivity index (χ0v) is 21.4. The average molecular weight is 475 g/mol. The number of rotatable bonds is 15. The standard InChI is InChI=1S/C26H38N2O4S/c1-6-7-8-9-10-11-16-33-23(15-12-18(2)3)19-17-22(31-4)24-20(27-29)13-14-21(28-30)25(24)26(19)32-5/h12-14,17,23,27,29H,6-11,15-16H2,1-5H3. The summed E-state index contributed by atoms with van der Waals surface area (Å²) in [6.45, 7) is 6.43. The number of methoxy groups -OCH3 is 2. The van der Waals surface area contributed by atoms with Gasteiger partial charge in [0.1, 0.15) is 17.2 Å². The number of nitrogens with one attached hydrogen (secondary N) is 1. The van der Waals surface area contributed by atoms with Crippen LogP contribution < -0.4 is 15.0 Å². The number of allylic oxidation sites excluding steroid dienone is 2. The summed E-state index contributed by atoms with van der Waals surface area (Å²) in [5.74, 6) is 2.21. The van der Waals surface area contributed by atoms with Crippen molar-refractivity contribution in [2.75, 3.05) is 25.5 Å². The van der Waals surface area contributed by atoms with Crippen LogP contribution in [0.5, 0.6) is 11.5 Å². The molecular weight excluding hydrogens is 436 g/mol. The fourth-order valence-corrected chi connectivity index (χ4v) is 5.27. The second-order valence-electron chi connectivity index (χ2n) is 8.43. The molecule has 2 rings (SSSR count). The topological polar surface area (TPSA) is 80.1 Å². The molecule has 6 nitrogen and oxygen atoms in total. The van der Waals surface area contributed by atoms with E-state index in [-0.39, 0.29) is 10.9 Å². The maximum Gasteiger partial charge on any atom is 0.133 e. The van der Waals surface area contributed by atoms with Gasteiger partial charge in [-0.05, 0) is 55.8 Å². The quantitative estimate of drug-likeness (QED) is 0.116. The third kappa shape index (κ3) is 7.11. The van der Waals surface area contributed by atoms with E-state index in [0.717, 1.165) is 17.7 Å². The number of nitroso groups, excluding NO2 is 1. The van der Waals surface area contributed by atoms with Crippen molar-refractivity contribution in [2.45, 2.75) is 71.0 Å². The first-order chi connectivity index (χ1) is 16.0. The number of fused-ring (bicyclic) bond motifs is 1. The molecule has 0 aliphatic carbocycles. The Bertz CT molecular complexity index is 942. The van der Waals surface area contributed by atoms with Gasteiger partial charge >= 0.3 is 0 Å². The average Bonchev–Trinajstić information content (AvgIpc) is 2.83. The van der Waals surface area contributed by atoms with E-state index in [1.165, 1.54) is 44.1 Å². The van der Waals surface area contributed by atoms with Crippen molar-refractivity contribution in [1.29, 1.82) is 0 Å². The third-order valence-corrected chi connectivity index (χ3v) is 7.13. The molecule has 0 amide bonds. The van der Waals surface area contributed by atoms with Crippen LogP contribution in [0.2, 0.25) is 0 Å². The molecule has 1 atom stereocenters. The van der Waals surface area contributed by atoms with E-state index in [9.17, 15) is 10.1 Å². The Morgan fingerprint density at radius 1 is 1.12 bits per heavy atom. The highest BCUT2D eigenvalue weighted by Gasteiger charge is 2.24. The van der Waals surface area contributed by atoms with E-state index in [2.05, 4.69) is 37.5 Å². The van der Waals surface area contributed by atoms with Crippen molar-refractivity contribution in [2.24, 2.45) is 5.18 Å². The predicted octanol–water partition coefficient (Wildman–Crippen LogP) is 8.55. The summed E-state index contributed by atoms with van der Waals surface area (Å²) in [6, 6.07) is 5.15. The molecule has 0 fully saturated rings. The van der Waals surface area contributed by atoms with Crippen LogP contribution in [0.15, 0.2) is 35.0 Å². The second kappa shape index (κ2) is 14.1. The Kier molecular flexibility index (Phi) is 11.5. The summed E-state index contributed by atoms with van der Waals surface area (Å²) >= 11 is 1.91. The van der Waals surface area contributed by atoms with Crippen LogP contribution in [0.1, 0.15) is 76.5 Å². The first kappa shape index (κ1) is 27.0. The first-order valence-corrected chi connectivity index (χ1v) is 12.8. The Balaban J connectivity index is 2.49. The molecule has 0 heterocycles. The van der Waals surface area contributed by atoms with Crippen LogP contribution in [0.3, 0.4) is 0 Å². The predicted molar refractivity (Wildman–Crippen MR) is 141 cm³/mol. The zero-order valence-electron chi connectivity index (χ0n) is 20.6. The molecule has 0 radical (unpaired) electrons. The summed E-state index contributed by atoms with van der Waals surface area (Å²) < 4.78 is 11.6. The van der Waals surface area contributed by atoms with Gasteiger partial charge in [-0.25, -0.2) is 0 Å². The van der Waals surface area contributed by atoms with Crippen LogP contribution in [-0.2, 0) is 0 Å². The summed E-state index contributed by atoms with van der Waals surface area (Å²) in [5, 5.41) is 14.1. The molecule has 0 saturated carbocycles. The van der Waals surface area contributed by atoms with E-state index in [1.54, 1.807) is 26.4 Å². The van der Waals surface area contributed by atoms with Crippen molar-refractivity contribution < 1.29 is 14.7 Å². The minimum absolute atomic E-state index is 0.133. The molecule has 2 aromatic carbocycles. The number of ether oxygens (including phenoxy) is 2. The lowest BCUT2D eigenvalue weighted by molar-refractivity contribution is 0.388. The van der Waals surface area contributed by atoms with E-state index < -0.39 is 0 Å². The van der Waals surface area contributed by atoms with E-state index in [1.807, 2.05) is 17.8 Å². The van der Waals surface area contributed by atoms with Gasteiger partial charge in [0.05, 0.1) is 30.7 Å². The van der Waals surface area contributed by atoms with Gasteiger partial charge in [0.2, 0.25) is 0 Å². The molecule has 0 saturated heterocycles. The van der Waals surface area contributed by atoms with Gasteiger partial charge in [-0.1, -0.05) is 50.7 Å². The van der Waals surface area contributed by atoms with E-state index in [4.69, 9.17) is 9.47 Å². The molecule has 0 aliphatic heterocycles. The largest absolute Gasteiger partial charge is 0.496 e. The highest BCUT2D eigenvalue weighted by molar-refractivity contribution is 7.99. The van der Waals surface area contributed by atoms with Crippen molar-refractivity contribution >= 4 is 33.9 Å². The fourth-order valence-electron chi connectivity index (χ4n) is 4.03. The molecule has 7 heteroatoms. The SMILES string of the molecule is CCCCCCCCSC(CC=C(C)C)c1cc(OC)c2c(NO)ccc(N=O)c2c1OC. The van der Waals surface area contributed by atoms with Crippen molar-refractivity contribution in [3.05, 3.63) is 40.3 Å². The van der Waals surface area contributed by atoms with Gasteiger partial charge in [0.25, 0.3) is 0 Å². The molecule has 0 aliphatic rings. The number of hydrogen-bond acceptors (Lipinski definition) is 7. The summed E-state index contributed by atoms with van der Waals surface area (Å²) in [6.07, 6.45) is 10.6. The van der Waals surface area contributed by atoms with Crippen LogP contribution in [-0.4, -0.2) is 25.2 Å². The summed E-state index contributed by atoms with van der Waals surface area (Å²) in [5.41, 5.74) is 5.11. The minimum Gasteiger partial charge on any atom is -0.496 e. The van der Waals surface area contributed by atoms with Crippen molar-refractivity contribution in [3.8, 4) is 11.5 Å². The zero-order chi connectivity index (χ0) is 24.2. The Labute approximate surface area is 202 Å². The molecule has 182 valence electrons. The molecule has 1 unspecified atom stereocenters. The molecule has 2 N–H and O–H groups in total. The lowest BCUT2D eigenvalue weighted by Crippen LogP contribution is -2.03. The molecule has 33 heavy (non-hydrogen) atoms. The maximum atomic E-state index is 11.7. The van der Waals surface area contributed by atoms with Crippen LogP contribution in [0, 0.1) is 4.91 Å². The number of anilines is 1. The number of unbranched alkanes of at least 4 members (excludes halogenated alkanes) is 5. The van der Waals surface area contributed by atoms with Gasteiger partial charge < -0.3 is 9.47 Å². The second-order valence-corrected chi connectivity index (χ2v) is 9.74. The normalized spacial score (nSPS) is 11.8. The lowest BCUT2D eigenvalue weighted by atomic mass is 9.97. The van der Waals surface area contributed by atoms with Crippen molar-refractivity contribution in [1.82, 2.24) is 0 Å². The van der Waals surface area contributed by atoms with Crippen LogP contribution >= 0.6 is 11.8 Å². The maximum absolute atomic E-state index is 11.7. The Morgan fingerprint density at radius 2 is 1.85 bits per heavy atom. The molecule has 0 bridgehead atoms. The first-order valence-electron chi connectivity index (χ1n) is 11.7. The number of nitrogens with zero attached hydrogens (tertiary/aromatic N) is 1. The van der Waals surface area contributed by atoms with Gasteiger partial charge in [-0.3, -0.25) is 10.7 Å². The molecular formula is C26H38N2O4S. The monoisotopic (exact) mass is 474 g/mol. The summed E-state index contributed by atoms with van der Waals surface area (Å²) in [7, 11) is 3.19. The van der Waals surface area contributed by atoms with Gasteiger partial charge in [-0.2, -0.15) is 11.8 Å². The Hall–Kier alpha value is -2.25.